The molecule has 0 spiro atoms. The lowest BCUT2D eigenvalue weighted by Gasteiger charge is -2.17. The van der Waals surface area contributed by atoms with E-state index in [2.05, 4.69) is 15.5 Å². The number of carbonyl (C=O) groups is 1. The summed E-state index contributed by atoms with van der Waals surface area (Å²) < 4.78 is 8.03. The number of rotatable bonds is 8. The number of ether oxygens (including phenoxy) is 1. The maximum absolute atomic E-state index is 12.7. The van der Waals surface area contributed by atoms with Crippen LogP contribution < -0.4 is 10.1 Å². The number of hydrogen-bond acceptors (Lipinski definition) is 5. The van der Waals surface area contributed by atoms with Crippen LogP contribution in [0.3, 0.4) is 0 Å². The lowest BCUT2D eigenvalue weighted by molar-refractivity contribution is -0.113. The van der Waals surface area contributed by atoms with Gasteiger partial charge in [0.1, 0.15) is 5.75 Å². The minimum Gasteiger partial charge on any atom is -0.481 e. The lowest BCUT2D eigenvalue weighted by Crippen LogP contribution is -2.15. The van der Waals surface area contributed by atoms with Crippen LogP contribution in [-0.2, 0) is 11.3 Å². The number of anilines is 1. The molecular weight excluding hydrogens is 456 g/mol. The molecule has 170 valence electrons. The highest BCUT2D eigenvalue weighted by atomic mass is 35.5. The summed E-state index contributed by atoms with van der Waals surface area (Å²) in [5, 5.41) is 15.0. The second kappa shape index (κ2) is 10.3. The van der Waals surface area contributed by atoms with Gasteiger partial charge in [0.05, 0.1) is 10.8 Å². The summed E-state index contributed by atoms with van der Waals surface area (Å²) in [5.41, 5.74) is 1.86. The molecule has 4 rings (SSSR count). The molecule has 6 nitrogen and oxygen atoms in total. The monoisotopic (exact) mass is 480 g/mol. The van der Waals surface area contributed by atoms with Crippen LogP contribution in [0.15, 0.2) is 65.8 Å². The molecule has 0 radical (unpaired) electrons. The van der Waals surface area contributed by atoms with E-state index in [1.54, 1.807) is 0 Å². The van der Waals surface area contributed by atoms with Gasteiger partial charge >= 0.3 is 0 Å². The molecule has 0 aliphatic heterocycles. The molecule has 0 saturated heterocycles. The molecule has 8 heteroatoms. The largest absolute Gasteiger partial charge is 0.481 e. The van der Waals surface area contributed by atoms with Crippen LogP contribution >= 0.6 is 23.4 Å². The summed E-state index contributed by atoms with van der Waals surface area (Å²) in [7, 11) is 0. The lowest BCUT2D eigenvalue weighted by atomic mass is 10.1. The Balaban J connectivity index is 1.43. The highest BCUT2D eigenvalue weighted by molar-refractivity contribution is 7.99. The topological polar surface area (TPSA) is 69.0 Å². The van der Waals surface area contributed by atoms with Gasteiger partial charge < -0.3 is 14.6 Å². The van der Waals surface area contributed by atoms with Gasteiger partial charge in [-0.25, -0.2) is 0 Å². The third kappa shape index (κ3) is 5.31. The van der Waals surface area contributed by atoms with Crippen molar-refractivity contribution >= 4 is 45.7 Å². The zero-order valence-corrected chi connectivity index (χ0v) is 20.3. The number of fused-ring (bicyclic) bond motifs is 1. The summed E-state index contributed by atoms with van der Waals surface area (Å²) >= 11 is 7.63. The molecule has 3 aromatic carbocycles. The van der Waals surface area contributed by atoms with E-state index in [1.165, 1.54) is 11.8 Å². The van der Waals surface area contributed by atoms with Crippen LogP contribution in [0.4, 0.5) is 5.69 Å². The molecule has 0 aliphatic carbocycles. The maximum Gasteiger partial charge on any atom is 0.234 e. The Labute approximate surface area is 202 Å². The number of nitrogens with one attached hydrogen (secondary N) is 1. The van der Waals surface area contributed by atoms with E-state index in [-0.39, 0.29) is 17.8 Å². The van der Waals surface area contributed by atoms with E-state index >= 15 is 0 Å². The Morgan fingerprint density at radius 1 is 1.15 bits per heavy atom. The molecule has 1 N–H and O–H groups in total. The Hall–Kier alpha value is -3.03. The Kier molecular flexibility index (Phi) is 7.20. The van der Waals surface area contributed by atoms with Crippen LogP contribution in [0, 0.1) is 6.92 Å². The van der Waals surface area contributed by atoms with Gasteiger partial charge in [0.2, 0.25) is 5.91 Å². The summed E-state index contributed by atoms with van der Waals surface area (Å²) in [5.74, 6) is 1.42. The number of hydrogen-bond donors (Lipinski definition) is 1. The second-order valence-electron chi connectivity index (χ2n) is 7.64. The number of halogens is 1. The van der Waals surface area contributed by atoms with Crippen LogP contribution in [0.5, 0.6) is 5.75 Å². The number of aryl methyl sites for hydroxylation is 1. The summed E-state index contributed by atoms with van der Waals surface area (Å²) in [4.78, 5) is 12.7. The molecule has 1 heterocycles. The maximum atomic E-state index is 12.7. The van der Waals surface area contributed by atoms with E-state index in [4.69, 9.17) is 16.3 Å². The van der Waals surface area contributed by atoms with E-state index in [0.29, 0.717) is 28.3 Å². The predicted octanol–water partition coefficient (Wildman–Crippen LogP) is 6.28. The van der Waals surface area contributed by atoms with Gasteiger partial charge in [-0.15, -0.1) is 10.2 Å². The van der Waals surface area contributed by atoms with Crippen LogP contribution in [0.2, 0.25) is 5.02 Å². The molecule has 1 amide bonds. The molecule has 1 atom stereocenters. The van der Waals surface area contributed by atoms with Crippen LogP contribution in [0.1, 0.15) is 31.3 Å². The zero-order valence-electron chi connectivity index (χ0n) is 18.7. The summed E-state index contributed by atoms with van der Waals surface area (Å²) in [6.45, 7) is 6.57. The van der Waals surface area contributed by atoms with Crippen molar-refractivity contribution in [3.05, 3.63) is 77.1 Å². The van der Waals surface area contributed by atoms with Crippen molar-refractivity contribution in [3.8, 4) is 5.75 Å². The third-order valence-corrected chi connectivity index (χ3v) is 6.49. The molecule has 1 unspecified atom stereocenters. The first-order valence-corrected chi connectivity index (χ1v) is 12.1. The SMILES string of the molecule is CCn1c(SCC(=O)Nc2cccc3ccccc23)nnc1C(C)Oc1cc(C)ccc1Cl. The van der Waals surface area contributed by atoms with Crippen molar-refractivity contribution in [2.75, 3.05) is 11.1 Å². The van der Waals surface area contributed by atoms with Crippen LogP contribution in [0.25, 0.3) is 10.8 Å². The summed E-state index contributed by atoms with van der Waals surface area (Å²) in [6.07, 6.45) is -0.351. The van der Waals surface area contributed by atoms with Gasteiger partial charge in [0.25, 0.3) is 0 Å². The molecule has 4 aromatic rings. The average Bonchev–Trinajstić information content (AvgIpc) is 3.23. The standard InChI is InChI=1S/C25H25ClN4O2S/c1-4-30-24(17(3)32-22-14-16(2)12-13-20(22)26)28-29-25(30)33-15-23(31)27-21-11-7-9-18-8-5-6-10-19(18)21/h5-14,17H,4,15H2,1-3H3,(H,27,31). The third-order valence-electron chi connectivity index (χ3n) is 5.21. The molecule has 0 saturated carbocycles. The van der Waals surface area contributed by atoms with Gasteiger partial charge in [0, 0.05) is 17.6 Å². The second-order valence-corrected chi connectivity index (χ2v) is 8.99. The van der Waals surface area contributed by atoms with E-state index in [9.17, 15) is 4.79 Å². The summed E-state index contributed by atoms with van der Waals surface area (Å²) in [6, 6.07) is 19.5. The molecule has 0 aliphatic rings. The quantitative estimate of drug-likeness (QED) is 0.300. The number of carbonyl (C=O) groups excluding carboxylic acids is 1. The average molecular weight is 481 g/mol. The molecule has 0 fully saturated rings. The van der Waals surface area contributed by atoms with E-state index < -0.39 is 0 Å². The highest BCUT2D eigenvalue weighted by Crippen LogP contribution is 2.31. The van der Waals surface area contributed by atoms with Crippen molar-refractivity contribution in [3.63, 3.8) is 0 Å². The number of aromatic nitrogens is 3. The van der Waals surface area contributed by atoms with Crippen LogP contribution in [-0.4, -0.2) is 26.4 Å². The fourth-order valence-corrected chi connectivity index (χ4v) is 4.57. The van der Waals surface area contributed by atoms with Gasteiger partial charge in [-0.05, 0) is 49.9 Å². The van der Waals surface area contributed by atoms with Gasteiger partial charge in [0.15, 0.2) is 17.1 Å². The van der Waals surface area contributed by atoms with Gasteiger partial charge in [-0.1, -0.05) is 65.8 Å². The van der Waals surface area contributed by atoms with Crippen molar-refractivity contribution in [2.24, 2.45) is 0 Å². The van der Waals surface area contributed by atoms with Crippen molar-refractivity contribution in [1.29, 1.82) is 0 Å². The Morgan fingerprint density at radius 3 is 2.76 bits per heavy atom. The Bertz CT molecular complexity index is 1290. The van der Waals surface area contributed by atoms with E-state index in [1.807, 2.05) is 86.0 Å². The number of nitrogens with zero attached hydrogens (tertiary/aromatic N) is 3. The van der Waals surface area contributed by atoms with E-state index in [0.717, 1.165) is 22.0 Å². The van der Waals surface area contributed by atoms with Crippen molar-refractivity contribution < 1.29 is 9.53 Å². The number of benzene rings is 3. The first-order valence-electron chi connectivity index (χ1n) is 10.7. The first kappa shape index (κ1) is 23.1. The molecule has 1 aromatic heterocycles. The fraction of sp³-hybridized carbons (Fsp3) is 0.240. The predicted molar refractivity (Wildman–Crippen MR) is 134 cm³/mol. The van der Waals surface area contributed by atoms with Gasteiger partial charge in [-0.3, -0.25) is 4.79 Å². The normalized spacial score (nSPS) is 12.0. The Morgan fingerprint density at radius 2 is 1.94 bits per heavy atom. The molecule has 33 heavy (non-hydrogen) atoms. The smallest absolute Gasteiger partial charge is 0.234 e. The van der Waals surface area contributed by atoms with Crippen molar-refractivity contribution in [2.45, 2.75) is 38.6 Å². The first-order chi connectivity index (χ1) is 16.0. The number of amides is 1. The fourth-order valence-electron chi connectivity index (χ4n) is 3.60. The highest BCUT2D eigenvalue weighted by Gasteiger charge is 2.20. The number of thioether (sulfide) groups is 1. The minimum absolute atomic E-state index is 0.0978. The zero-order chi connectivity index (χ0) is 23.4. The molecule has 0 bridgehead atoms. The van der Waals surface area contributed by atoms with Gasteiger partial charge in [-0.2, -0.15) is 0 Å². The molecular formula is C25H25ClN4O2S. The van der Waals surface area contributed by atoms with Crippen molar-refractivity contribution in [1.82, 2.24) is 14.8 Å². The minimum atomic E-state index is -0.351.